The molecule has 64 valence electrons. The Labute approximate surface area is 70.5 Å². The van der Waals surface area contributed by atoms with E-state index >= 15 is 0 Å². The molecule has 1 aromatic carbocycles. The Balaban J connectivity index is 2.85. The summed E-state index contributed by atoms with van der Waals surface area (Å²) in [5, 5.41) is 18.1. The second-order valence-corrected chi connectivity index (χ2v) is 2.27. The van der Waals surface area contributed by atoms with Gasteiger partial charge in [0, 0.05) is 18.2 Å². The lowest BCUT2D eigenvalue weighted by atomic mass is 10.3. The van der Waals surface area contributed by atoms with Gasteiger partial charge in [0.25, 0.3) is 0 Å². The molecular weight excluding hydrogens is 156 g/mol. The van der Waals surface area contributed by atoms with E-state index in [-0.39, 0.29) is 11.5 Å². The van der Waals surface area contributed by atoms with Crippen molar-refractivity contribution in [1.29, 1.82) is 0 Å². The minimum absolute atomic E-state index is 0.0190. The zero-order valence-corrected chi connectivity index (χ0v) is 6.69. The lowest BCUT2D eigenvalue weighted by Crippen LogP contribution is -1.80. The van der Waals surface area contributed by atoms with Crippen LogP contribution in [0.2, 0.25) is 0 Å². The standard InChI is InChI=1S/C9H10O3/c1-2-3-12-9-5-7(10)4-8(11)6-9/h2-6,10-11H,1H3. The van der Waals surface area contributed by atoms with Gasteiger partial charge in [0.2, 0.25) is 0 Å². The fourth-order valence-electron chi connectivity index (χ4n) is 0.783. The summed E-state index contributed by atoms with van der Waals surface area (Å²) in [6, 6.07) is 4.07. The van der Waals surface area contributed by atoms with Crippen LogP contribution in [-0.4, -0.2) is 10.2 Å². The van der Waals surface area contributed by atoms with Crippen LogP contribution in [0.25, 0.3) is 0 Å². The van der Waals surface area contributed by atoms with Gasteiger partial charge in [-0.2, -0.15) is 0 Å². The fourth-order valence-corrected chi connectivity index (χ4v) is 0.783. The Morgan fingerprint density at radius 1 is 1.17 bits per heavy atom. The number of hydrogen-bond acceptors (Lipinski definition) is 3. The molecule has 1 rings (SSSR count). The van der Waals surface area contributed by atoms with Crippen LogP contribution in [0, 0.1) is 0 Å². The third-order valence-electron chi connectivity index (χ3n) is 1.22. The van der Waals surface area contributed by atoms with Gasteiger partial charge in [-0.3, -0.25) is 0 Å². The molecule has 3 heteroatoms. The predicted octanol–water partition coefficient (Wildman–Crippen LogP) is 2.01. The highest BCUT2D eigenvalue weighted by Crippen LogP contribution is 2.25. The number of allylic oxidation sites excluding steroid dienone is 1. The zero-order chi connectivity index (χ0) is 8.97. The van der Waals surface area contributed by atoms with Crippen LogP contribution in [0.15, 0.2) is 30.5 Å². The summed E-state index contributed by atoms with van der Waals surface area (Å²) in [5.41, 5.74) is 0. The summed E-state index contributed by atoms with van der Waals surface area (Å²) in [5.74, 6) is 0.370. The Morgan fingerprint density at radius 3 is 2.25 bits per heavy atom. The average molecular weight is 166 g/mol. The van der Waals surface area contributed by atoms with Crippen LogP contribution in [0.1, 0.15) is 6.92 Å². The SMILES string of the molecule is CC=COc1cc(O)cc(O)c1. The molecule has 0 amide bonds. The third-order valence-corrected chi connectivity index (χ3v) is 1.22. The Kier molecular flexibility index (Phi) is 2.58. The third kappa shape index (κ3) is 2.20. The van der Waals surface area contributed by atoms with E-state index < -0.39 is 0 Å². The molecule has 0 radical (unpaired) electrons. The Morgan fingerprint density at radius 2 is 1.75 bits per heavy atom. The summed E-state index contributed by atoms with van der Waals surface area (Å²) < 4.78 is 5.02. The van der Waals surface area contributed by atoms with Gasteiger partial charge in [0.15, 0.2) is 0 Å². The molecule has 0 bridgehead atoms. The molecule has 3 nitrogen and oxygen atoms in total. The maximum absolute atomic E-state index is 9.03. The summed E-state index contributed by atoms with van der Waals surface area (Å²) in [6.45, 7) is 1.81. The lowest BCUT2D eigenvalue weighted by molar-refractivity contribution is 0.431. The van der Waals surface area contributed by atoms with Crippen LogP contribution in [0.3, 0.4) is 0 Å². The maximum Gasteiger partial charge on any atom is 0.133 e. The van der Waals surface area contributed by atoms with Crippen molar-refractivity contribution in [3.05, 3.63) is 30.5 Å². The Hall–Kier alpha value is -1.64. The lowest BCUT2D eigenvalue weighted by Gasteiger charge is -2.01. The highest BCUT2D eigenvalue weighted by Gasteiger charge is 1.97. The van der Waals surface area contributed by atoms with Crippen molar-refractivity contribution in [2.45, 2.75) is 6.92 Å². The van der Waals surface area contributed by atoms with E-state index in [1.807, 2.05) is 6.92 Å². The van der Waals surface area contributed by atoms with Gasteiger partial charge in [0.05, 0.1) is 6.26 Å². The monoisotopic (exact) mass is 166 g/mol. The molecule has 0 saturated carbocycles. The summed E-state index contributed by atoms with van der Waals surface area (Å²) in [7, 11) is 0. The van der Waals surface area contributed by atoms with Gasteiger partial charge < -0.3 is 14.9 Å². The van der Waals surface area contributed by atoms with E-state index in [2.05, 4.69) is 0 Å². The van der Waals surface area contributed by atoms with E-state index in [9.17, 15) is 0 Å². The topological polar surface area (TPSA) is 49.7 Å². The molecule has 0 saturated heterocycles. The molecule has 12 heavy (non-hydrogen) atoms. The summed E-state index contributed by atoms with van der Waals surface area (Å²) in [4.78, 5) is 0. The van der Waals surface area contributed by atoms with Crippen LogP contribution < -0.4 is 4.74 Å². The fraction of sp³-hybridized carbons (Fsp3) is 0.111. The van der Waals surface area contributed by atoms with E-state index in [1.54, 1.807) is 6.08 Å². The number of rotatable bonds is 2. The first kappa shape index (κ1) is 8.46. The number of phenols is 2. The number of ether oxygens (including phenoxy) is 1. The largest absolute Gasteiger partial charge is 0.508 e. The quantitative estimate of drug-likeness (QED) is 0.661. The van der Waals surface area contributed by atoms with E-state index in [4.69, 9.17) is 14.9 Å². The van der Waals surface area contributed by atoms with Crippen LogP contribution in [0.4, 0.5) is 0 Å². The molecule has 0 fully saturated rings. The van der Waals surface area contributed by atoms with Gasteiger partial charge in [-0.15, -0.1) is 0 Å². The second kappa shape index (κ2) is 3.67. The minimum Gasteiger partial charge on any atom is -0.508 e. The van der Waals surface area contributed by atoms with Gasteiger partial charge in [-0.1, -0.05) is 6.08 Å². The average Bonchev–Trinajstić information content (AvgIpc) is 1.99. The van der Waals surface area contributed by atoms with E-state index in [1.165, 1.54) is 24.5 Å². The van der Waals surface area contributed by atoms with Crippen molar-refractivity contribution < 1.29 is 14.9 Å². The normalized spacial score (nSPS) is 10.4. The molecule has 0 aliphatic rings. The maximum atomic E-state index is 9.03. The number of aromatic hydroxyl groups is 2. The minimum atomic E-state index is -0.0190. The number of phenolic OH excluding ortho intramolecular Hbond substituents is 2. The van der Waals surface area contributed by atoms with E-state index in [0.717, 1.165) is 0 Å². The first-order valence-corrected chi connectivity index (χ1v) is 3.53. The number of benzene rings is 1. The molecule has 0 unspecified atom stereocenters. The predicted molar refractivity (Wildman–Crippen MR) is 45.2 cm³/mol. The summed E-state index contributed by atoms with van der Waals surface area (Å²) in [6.07, 6.45) is 3.18. The van der Waals surface area contributed by atoms with Gasteiger partial charge in [-0.05, 0) is 6.92 Å². The molecule has 1 aromatic rings. The molecule has 0 spiro atoms. The first-order valence-electron chi connectivity index (χ1n) is 3.53. The van der Waals surface area contributed by atoms with Crippen molar-refractivity contribution in [3.8, 4) is 17.2 Å². The van der Waals surface area contributed by atoms with Crippen LogP contribution in [-0.2, 0) is 0 Å². The molecule has 0 heterocycles. The first-order chi connectivity index (χ1) is 5.72. The van der Waals surface area contributed by atoms with Gasteiger partial charge in [0.1, 0.15) is 17.2 Å². The molecule has 0 aliphatic heterocycles. The molecule has 0 aliphatic carbocycles. The van der Waals surface area contributed by atoms with Crippen molar-refractivity contribution in [1.82, 2.24) is 0 Å². The molecule has 0 atom stereocenters. The molecular formula is C9H10O3. The van der Waals surface area contributed by atoms with Gasteiger partial charge in [-0.25, -0.2) is 0 Å². The number of hydrogen-bond donors (Lipinski definition) is 2. The van der Waals surface area contributed by atoms with Gasteiger partial charge >= 0.3 is 0 Å². The highest BCUT2D eigenvalue weighted by atomic mass is 16.5. The van der Waals surface area contributed by atoms with Crippen molar-refractivity contribution >= 4 is 0 Å². The van der Waals surface area contributed by atoms with Crippen molar-refractivity contribution in [3.63, 3.8) is 0 Å². The van der Waals surface area contributed by atoms with E-state index in [0.29, 0.717) is 5.75 Å². The summed E-state index contributed by atoms with van der Waals surface area (Å²) >= 11 is 0. The van der Waals surface area contributed by atoms with Crippen LogP contribution in [0.5, 0.6) is 17.2 Å². The Bertz CT molecular complexity index is 272. The second-order valence-electron chi connectivity index (χ2n) is 2.27. The smallest absolute Gasteiger partial charge is 0.133 e. The molecule has 2 N–H and O–H groups in total. The van der Waals surface area contributed by atoms with Crippen molar-refractivity contribution in [2.24, 2.45) is 0 Å². The van der Waals surface area contributed by atoms with Crippen LogP contribution >= 0.6 is 0 Å². The molecule has 0 aromatic heterocycles. The zero-order valence-electron chi connectivity index (χ0n) is 6.69. The van der Waals surface area contributed by atoms with Crippen molar-refractivity contribution in [2.75, 3.05) is 0 Å². The highest BCUT2D eigenvalue weighted by molar-refractivity contribution is 5.40.